The molecule has 40 heavy (non-hydrogen) atoms. The van der Waals surface area contributed by atoms with Crippen LogP contribution in [-0.2, 0) is 32.6 Å². The number of amides is 2. The molecule has 1 fully saturated rings. The highest BCUT2D eigenvalue weighted by Gasteiger charge is 2.42. The molecule has 0 spiro atoms. The van der Waals surface area contributed by atoms with Crippen LogP contribution < -0.4 is 4.74 Å². The minimum atomic E-state index is -4.77. The molecule has 2 aliphatic heterocycles. The van der Waals surface area contributed by atoms with Gasteiger partial charge < -0.3 is 14.5 Å². The molecule has 0 unspecified atom stereocenters. The molecule has 216 valence electrons. The summed E-state index contributed by atoms with van der Waals surface area (Å²) in [5.41, 5.74) is -1.01. The van der Waals surface area contributed by atoms with Crippen LogP contribution in [0.3, 0.4) is 0 Å². The Morgan fingerprint density at radius 1 is 0.975 bits per heavy atom. The first-order valence-corrected chi connectivity index (χ1v) is 13.1. The molecule has 2 aromatic carbocycles. The Morgan fingerprint density at radius 2 is 1.60 bits per heavy atom. The Bertz CT molecular complexity index is 1290. The van der Waals surface area contributed by atoms with Gasteiger partial charge in [0.2, 0.25) is 11.8 Å². The Hall–Kier alpha value is -3.50. The maximum atomic E-state index is 15.3. The van der Waals surface area contributed by atoms with E-state index in [-0.39, 0.29) is 18.5 Å². The maximum absolute atomic E-state index is 15.3. The van der Waals surface area contributed by atoms with E-state index in [2.05, 4.69) is 0 Å². The van der Waals surface area contributed by atoms with Gasteiger partial charge in [-0.25, -0.2) is 8.78 Å². The average Bonchev–Trinajstić information content (AvgIpc) is 3.40. The van der Waals surface area contributed by atoms with E-state index in [4.69, 9.17) is 4.74 Å². The van der Waals surface area contributed by atoms with E-state index in [0.717, 1.165) is 29.9 Å². The zero-order valence-corrected chi connectivity index (χ0v) is 22.5. The minimum absolute atomic E-state index is 0.0583. The van der Waals surface area contributed by atoms with Gasteiger partial charge in [-0.1, -0.05) is 6.07 Å². The second-order valence-corrected chi connectivity index (χ2v) is 10.8. The van der Waals surface area contributed by atoms with Gasteiger partial charge >= 0.3 is 6.18 Å². The lowest BCUT2D eigenvalue weighted by molar-refractivity contribution is -0.165. The Kier molecular flexibility index (Phi) is 8.23. The number of halogens is 5. The van der Waals surface area contributed by atoms with Gasteiger partial charge in [0.25, 0.3) is 0 Å². The molecule has 0 aromatic heterocycles. The van der Waals surface area contributed by atoms with Crippen LogP contribution in [0, 0.1) is 11.6 Å². The van der Waals surface area contributed by atoms with Crippen molar-refractivity contribution in [2.24, 2.45) is 0 Å². The number of carbonyl (C=O) groups is 3. The van der Waals surface area contributed by atoms with Crippen molar-refractivity contribution in [1.29, 1.82) is 0 Å². The normalized spacial score (nSPS) is 17.6. The van der Waals surface area contributed by atoms with Gasteiger partial charge in [0, 0.05) is 31.6 Å². The van der Waals surface area contributed by atoms with Crippen molar-refractivity contribution in [3.63, 3.8) is 0 Å². The highest BCUT2D eigenvalue weighted by molar-refractivity contribution is 5.92. The summed E-state index contributed by atoms with van der Waals surface area (Å²) in [5.74, 6) is -3.88. The van der Waals surface area contributed by atoms with E-state index in [0.29, 0.717) is 30.0 Å². The standard InChI is InChI=1S/C29H31F5N2O4/c1-28(2,27(39)35-9-4-5-10-35)25-21(30)12-17(13-22(25)31)14-23(37)26-20-7-6-19(40-3)15-18(20)8-11-36(26)24(38)16-29(32,33)34/h6-7,12-13,15,26H,4-5,8-11,14,16H2,1-3H3/t26-/m1/s1. The quantitative estimate of drug-likeness (QED) is 0.440. The molecule has 0 aliphatic carbocycles. The van der Waals surface area contributed by atoms with E-state index in [1.807, 2.05) is 0 Å². The molecule has 1 saturated heterocycles. The van der Waals surface area contributed by atoms with E-state index in [1.54, 1.807) is 11.0 Å². The molecule has 0 saturated carbocycles. The Balaban J connectivity index is 1.65. The second kappa shape index (κ2) is 11.2. The lowest BCUT2D eigenvalue weighted by atomic mass is 9.81. The third-order valence-corrected chi connectivity index (χ3v) is 7.59. The first-order chi connectivity index (χ1) is 18.7. The number of rotatable bonds is 7. The van der Waals surface area contributed by atoms with Crippen LogP contribution in [0.25, 0.3) is 0 Å². The predicted octanol–water partition coefficient (Wildman–Crippen LogP) is 5.06. The van der Waals surface area contributed by atoms with Gasteiger partial charge in [0.15, 0.2) is 5.78 Å². The van der Waals surface area contributed by atoms with Crippen molar-refractivity contribution < 1.29 is 41.1 Å². The summed E-state index contributed by atoms with van der Waals surface area (Å²) in [6, 6.07) is 5.26. The number of carbonyl (C=O) groups excluding carboxylic acids is 3. The van der Waals surface area contributed by atoms with Crippen LogP contribution in [0.2, 0.25) is 0 Å². The molecule has 1 atom stereocenters. The lowest BCUT2D eigenvalue weighted by Crippen LogP contribution is -2.45. The van der Waals surface area contributed by atoms with Crippen LogP contribution in [0.15, 0.2) is 30.3 Å². The van der Waals surface area contributed by atoms with Gasteiger partial charge in [-0.3, -0.25) is 14.4 Å². The molecule has 11 heteroatoms. The van der Waals surface area contributed by atoms with Gasteiger partial charge in [-0.05, 0) is 74.1 Å². The third-order valence-electron chi connectivity index (χ3n) is 7.59. The van der Waals surface area contributed by atoms with E-state index in [9.17, 15) is 27.6 Å². The van der Waals surface area contributed by atoms with Crippen LogP contribution in [0.1, 0.15) is 61.4 Å². The number of fused-ring (bicyclic) bond motifs is 1. The van der Waals surface area contributed by atoms with Gasteiger partial charge in [-0.15, -0.1) is 0 Å². The summed E-state index contributed by atoms with van der Waals surface area (Å²) in [5, 5.41) is 0. The molecular formula is C29H31F5N2O4. The van der Waals surface area contributed by atoms with Crippen LogP contribution in [0.4, 0.5) is 22.0 Å². The number of benzene rings is 2. The number of hydrogen-bond acceptors (Lipinski definition) is 4. The SMILES string of the molecule is COc1ccc2c(c1)CCN(C(=O)CC(F)(F)F)[C@H]2C(=O)Cc1cc(F)c(C(C)(C)C(=O)N2CCCC2)c(F)c1. The summed E-state index contributed by atoms with van der Waals surface area (Å²) in [4.78, 5) is 41.6. The number of methoxy groups -OCH3 is 1. The monoisotopic (exact) mass is 566 g/mol. The van der Waals surface area contributed by atoms with Gasteiger partial charge in [-0.2, -0.15) is 13.2 Å². The van der Waals surface area contributed by atoms with Crippen molar-refractivity contribution in [2.75, 3.05) is 26.7 Å². The summed E-state index contributed by atoms with van der Waals surface area (Å²) >= 11 is 0. The fourth-order valence-electron chi connectivity index (χ4n) is 5.66. The minimum Gasteiger partial charge on any atom is -0.497 e. The zero-order valence-electron chi connectivity index (χ0n) is 22.5. The Labute approximate surface area is 229 Å². The van der Waals surface area contributed by atoms with E-state index >= 15 is 8.78 Å². The smallest absolute Gasteiger partial charge is 0.397 e. The van der Waals surface area contributed by atoms with Gasteiger partial charge in [0.05, 0.1) is 12.5 Å². The van der Waals surface area contributed by atoms with Crippen LogP contribution in [0.5, 0.6) is 5.75 Å². The third kappa shape index (κ3) is 5.97. The van der Waals surface area contributed by atoms with Gasteiger partial charge in [0.1, 0.15) is 29.8 Å². The first kappa shape index (κ1) is 29.5. The summed E-state index contributed by atoms with van der Waals surface area (Å²) < 4.78 is 75.0. The second-order valence-electron chi connectivity index (χ2n) is 10.8. The first-order valence-electron chi connectivity index (χ1n) is 13.1. The van der Waals surface area contributed by atoms with Crippen LogP contribution in [-0.4, -0.2) is 60.3 Å². The molecule has 0 N–H and O–H groups in total. The van der Waals surface area contributed by atoms with E-state index < -0.39 is 65.3 Å². The molecule has 2 amide bonds. The maximum Gasteiger partial charge on any atom is 0.397 e. The van der Waals surface area contributed by atoms with Crippen molar-refractivity contribution in [1.82, 2.24) is 9.80 Å². The number of likely N-dealkylation sites (tertiary alicyclic amines) is 1. The largest absolute Gasteiger partial charge is 0.497 e. The van der Waals surface area contributed by atoms with Crippen molar-refractivity contribution >= 4 is 17.6 Å². The number of hydrogen-bond donors (Lipinski definition) is 0. The molecule has 0 radical (unpaired) electrons. The molecule has 0 bridgehead atoms. The molecule has 4 rings (SSSR count). The highest BCUT2D eigenvalue weighted by Crippen LogP contribution is 2.37. The van der Waals surface area contributed by atoms with Crippen molar-refractivity contribution in [3.8, 4) is 5.75 Å². The molecular weight excluding hydrogens is 535 g/mol. The Morgan fingerprint density at radius 3 is 2.17 bits per heavy atom. The van der Waals surface area contributed by atoms with Crippen molar-refractivity contribution in [2.45, 2.75) is 63.6 Å². The zero-order chi connectivity index (χ0) is 29.4. The predicted molar refractivity (Wildman–Crippen MR) is 136 cm³/mol. The number of alkyl halides is 3. The number of nitrogens with zero attached hydrogens (tertiary/aromatic N) is 2. The molecule has 2 heterocycles. The highest BCUT2D eigenvalue weighted by atomic mass is 19.4. The lowest BCUT2D eigenvalue weighted by Gasteiger charge is -2.37. The molecule has 2 aliphatic rings. The summed E-state index contributed by atoms with van der Waals surface area (Å²) in [6.45, 7) is 3.77. The number of ether oxygens (including phenoxy) is 1. The summed E-state index contributed by atoms with van der Waals surface area (Å²) in [7, 11) is 1.44. The fourth-order valence-corrected chi connectivity index (χ4v) is 5.66. The molecule has 6 nitrogen and oxygen atoms in total. The topological polar surface area (TPSA) is 66.9 Å². The fraction of sp³-hybridized carbons (Fsp3) is 0.483. The average molecular weight is 567 g/mol. The van der Waals surface area contributed by atoms with E-state index in [1.165, 1.54) is 33.1 Å². The number of ketones is 1. The number of Topliss-reactive ketones (excluding diaryl/α,β-unsaturated/α-hetero) is 1. The van der Waals surface area contributed by atoms with Crippen LogP contribution >= 0.6 is 0 Å². The summed E-state index contributed by atoms with van der Waals surface area (Å²) in [6.07, 6.45) is -5.22. The van der Waals surface area contributed by atoms with Crippen molar-refractivity contribution in [3.05, 3.63) is 64.2 Å². The molecule has 2 aromatic rings.